The summed E-state index contributed by atoms with van der Waals surface area (Å²) < 4.78 is 0. The number of nitrogen functional groups attached to an aromatic ring is 1. The Bertz CT molecular complexity index is 1060. The molecule has 8 heteroatoms. The first kappa shape index (κ1) is 17.9. The van der Waals surface area contributed by atoms with E-state index in [-0.39, 0.29) is 5.95 Å². The number of H-pyrrole nitrogens is 1. The summed E-state index contributed by atoms with van der Waals surface area (Å²) in [5.41, 5.74) is 9.74. The maximum atomic E-state index is 9.00. The van der Waals surface area contributed by atoms with Gasteiger partial charge in [0.15, 0.2) is 0 Å². The summed E-state index contributed by atoms with van der Waals surface area (Å²) >= 11 is 0. The van der Waals surface area contributed by atoms with E-state index < -0.39 is 5.97 Å². The Labute approximate surface area is 155 Å². The Morgan fingerprint density at radius 2 is 1.93 bits per heavy atom. The molecule has 136 valence electrons. The Morgan fingerprint density at radius 3 is 2.63 bits per heavy atom. The lowest BCUT2D eigenvalue weighted by molar-refractivity contribution is -0.134. The van der Waals surface area contributed by atoms with Crippen molar-refractivity contribution in [3.63, 3.8) is 0 Å². The van der Waals surface area contributed by atoms with Crippen LogP contribution in [0.5, 0.6) is 0 Å². The minimum atomic E-state index is -0.833. The van der Waals surface area contributed by atoms with Crippen molar-refractivity contribution in [3.8, 4) is 11.1 Å². The minimum Gasteiger partial charge on any atom is -0.481 e. The number of hydrogen-bond acceptors (Lipinski definition) is 6. The van der Waals surface area contributed by atoms with E-state index in [9.17, 15) is 0 Å². The van der Waals surface area contributed by atoms with E-state index in [1.807, 2.05) is 24.3 Å². The molecule has 4 aromatic rings. The number of nitrogens with one attached hydrogen (secondary N) is 2. The zero-order valence-electron chi connectivity index (χ0n) is 14.5. The molecule has 5 N–H and O–H groups in total. The molecule has 27 heavy (non-hydrogen) atoms. The molecule has 0 spiro atoms. The van der Waals surface area contributed by atoms with Crippen LogP contribution >= 0.6 is 0 Å². The number of aromatic amines is 1. The number of benzene rings is 2. The summed E-state index contributed by atoms with van der Waals surface area (Å²) in [7, 11) is 0. The molecule has 2 heterocycles. The van der Waals surface area contributed by atoms with Crippen LogP contribution in [0.1, 0.15) is 6.92 Å². The number of carbonyl (C=O) groups is 1. The van der Waals surface area contributed by atoms with Crippen molar-refractivity contribution in [2.24, 2.45) is 0 Å². The van der Waals surface area contributed by atoms with Crippen LogP contribution in [0.15, 0.2) is 60.9 Å². The summed E-state index contributed by atoms with van der Waals surface area (Å²) in [4.78, 5) is 17.1. The van der Waals surface area contributed by atoms with Crippen molar-refractivity contribution in [2.45, 2.75) is 6.92 Å². The first-order chi connectivity index (χ1) is 13.0. The lowest BCUT2D eigenvalue weighted by Gasteiger charge is -2.10. The van der Waals surface area contributed by atoms with Gasteiger partial charge < -0.3 is 16.2 Å². The van der Waals surface area contributed by atoms with E-state index in [4.69, 9.17) is 15.6 Å². The van der Waals surface area contributed by atoms with Crippen molar-refractivity contribution in [3.05, 3.63) is 60.9 Å². The highest BCUT2D eigenvalue weighted by atomic mass is 16.4. The average Bonchev–Trinajstić information content (AvgIpc) is 3.10. The number of hydrogen-bond donors (Lipinski definition) is 4. The van der Waals surface area contributed by atoms with Gasteiger partial charge in [-0.25, -0.2) is 4.98 Å². The van der Waals surface area contributed by atoms with Crippen LogP contribution in [0.3, 0.4) is 0 Å². The van der Waals surface area contributed by atoms with Gasteiger partial charge in [-0.1, -0.05) is 30.3 Å². The number of aromatic nitrogens is 4. The van der Waals surface area contributed by atoms with E-state index in [0.717, 1.165) is 34.6 Å². The van der Waals surface area contributed by atoms with E-state index in [1.165, 1.54) is 0 Å². The smallest absolute Gasteiger partial charge is 0.300 e. The second-order valence-corrected chi connectivity index (χ2v) is 5.67. The van der Waals surface area contributed by atoms with Crippen LogP contribution in [0.25, 0.3) is 22.0 Å². The van der Waals surface area contributed by atoms with Crippen LogP contribution in [0.4, 0.5) is 17.5 Å². The quantitative estimate of drug-likeness (QED) is 0.439. The van der Waals surface area contributed by atoms with E-state index in [2.05, 4.69) is 43.7 Å². The molecule has 0 bridgehead atoms. The molecule has 0 saturated heterocycles. The number of fused-ring (bicyclic) bond motifs is 1. The van der Waals surface area contributed by atoms with Crippen LogP contribution in [0, 0.1) is 0 Å². The largest absolute Gasteiger partial charge is 0.481 e. The zero-order valence-corrected chi connectivity index (χ0v) is 14.5. The molecule has 0 aliphatic heterocycles. The Kier molecular flexibility index (Phi) is 5.27. The molecule has 4 rings (SSSR count). The van der Waals surface area contributed by atoms with Gasteiger partial charge in [-0.2, -0.15) is 10.1 Å². The minimum absolute atomic E-state index is 0.239. The summed E-state index contributed by atoms with van der Waals surface area (Å²) in [6.07, 6.45) is 3.43. The molecule has 2 aromatic heterocycles. The molecule has 0 aliphatic carbocycles. The summed E-state index contributed by atoms with van der Waals surface area (Å²) in [6.45, 7) is 1.08. The molecule has 0 saturated carbocycles. The SMILES string of the molecule is CC(=O)O.Nc1nccc(Nc2cc(-c3ccccc3)c3[nH]ncc3c2)n1. The highest BCUT2D eigenvalue weighted by molar-refractivity contribution is 5.96. The van der Waals surface area contributed by atoms with Gasteiger partial charge in [0.25, 0.3) is 5.97 Å². The van der Waals surface area contributed by atoms with Crippen molar-refractivity contribution >= 4 is 34.3 Å². The predicted octanol–water partition coefficient (Wildman–Crippen LogP) is 3.44. The van der Waals surface area contributed by atoms with E-state index in [1.54, 1.807) is 18.5 Å². The maximum absolute atomic E-state index is 9.00. The van der Waals surface area contributed by atoms with Crippen LogP contribution < -0.4 is 11.1 Å². The molecule has 0 unspecified atom stereocenters. The second-order valence-electron chi connectivity index (χ2n) is 5.67. The first-order valence-electron chi connectivity index (χ1n) is 8.10. The van der Waals surface area contributed by atoms with Crippen molar-refractivity contribution < 1.29 is 9.90 Å². The molecule has 0 fully saturated rings. The number of aliphatic carboxylic acids is 1. The molecular formula is C19H18N6O2. The molecule has 2 aromatic carbocycles. The fraction of sp³-hybridized carbons (Fsp3) is 0.0526. The Balaban J connectivity index is 0.000000481. The standard InChI is InChI=1S/C17H14N6.C2H4O2/c18-17-19-7-6-15(22-17)21-13-8-12-10-20-23-16(12)14(9-13)11-4-2-1-3-5-11;1-2(3)4/h1-10H,(H,20,23)(H3,18,19,21,22);1H3,(H,3,4). The van der Waals surface area contributed by atoms with Gasteiger partial charge in [0.05, 0.1) is 11.7 Å². The van der Waals surface area contributed by atoms with Crippen molar-refractivity contribution in [1.82, 2.24) is 20.2 Å². The number of carboxylic acids is 1. The summed E-state index contributed by atoms with van der Waals surface area (Å²) in [6, 6.07) is 16.0. The lowest BCUT2D eigenvalue weighted by atomic mass is 10.0. The Hall–Kier alpha value is -3.94. The third kappa shape index (κ3) is 4.57. The number of carboxylic acid groups (broad SMARTS) is 1. The number of rotatable bonds is 3. The monoisotopic (exact) mass is 362 g/mol. The second kappa shape index (κ2) is 7.96. The summed E-state index contributed by atoms with van der Waals surface area (Å²) in [5, 5.41) is 18.9. The molecule has 0 amide bonds. The highest BCUT2D eigenvalue weighted by Crippen LogP contribution is 2.31. The molecule has 0 atom stereocenters. The van der Waals surface area contributed by atoms with Crippen molar-refractivity contribution in [1.29, 1.82) is 0 Å². The van der Waals surface area contributed by atoms with Crippen molar-refractivity contribution in [2.75, 3.05) is 11.1 Å². The zero-order chi connectivity index (χ0) is 19.2. The van der Waals surface area contributed by atoms with Gasteiger partial charge in [-0.15, -0.1) is 0 Å². The molecule has 8 nitrogen and oxygen atoms in total. The highest BCUT2D eigenvalue weighted by Gasteiger charge is 2.09. The van der Waals surface area contributed by atoms with Gasteiger partial charge in [0, 0.05) is 29.8 Å². The van der Waals surface area contributed by atoms with Crippen LogP contribution in [-0.4, -0.2) is 31.2 Å². The van der Waals surface area contributed by atoms with Gasteiger partial charge in [-0.3, -0.25) is 9.89 Å². The van der Waals surface area contributed by atoms with E-state index in [0.29, 0.717) is 5.82 Å². The molecule has 0 aliphatic rings. The topological polar surface area (TPSA) is 130 Å². The van der Waals surface area contributed by atoms with Gasteiger partial charge in [-0.05, 0) is 23.8 Å². The number of anilines is 3. The van der Waals surface area contributed by atoms with Gasteiger partial charge >= 0.3 is 0 Å². The lowest BCUT2D eigenvalue weighted by Crippen LogP contribution is -1.99. The van der Waals surface area contributed by atoms with E-state index >= 15 is 0 Å². The van der Waals surface area contributed by atoms with Crippen LogP contribution in [0.2, 0.25) is 0 Å². The van der Waals surface area contributed by atoms with Gasteiger partial charge in [0.1, 0.15) is 5.82 Å². The van der Waals surface area contributed by atoms with Crippen LogP contribution in [-0.2, 0) is 4.79 Å². The third-order valence-corrected chi connectivity index (χ3v) is 3.58. The third-order valence-electron chi connectivity index (χ3n) is 3.58. The van der Waals surface area contributed by atoms with Gasteiger partial charge in [0.2, 0.25) is 5.95 Å². The molecular weight excluding hydrogens is 344 g/mol. The summed E-state index contributed by atoms with van der Waals surface area (Å²) in [5.74, 6) is 0.0574. The maximum Gasteiger partial charge on any atom is 0.300 e. The molecule has 0 radical (unpaired) electrons. The fourth-order valence-corrected chi connectivity index (χ4v) is 2.57. The number of nitrogens with two attached hydrogens (primary N) is 1. The number of nitrogens with zero attached hydrogens (tertiary/aromatic N) is 3. The fourth-order valence-electron chi connectivity index (χ4n) is 2.57. The first-order valence-corrected chi connectivity index (χ1v) is 8.10. The average molecular weight is 362 g/mol. The predicted molar refractivity (Wildman–Crippen MR) is 105 cm³/mol. The normalized spacial score (nSPS) is 10.1. The Morgan fingerprint density at radius 1 is 1.19 bits per heavy atom.